The van der Waals surface area contributed by atoms with Crippen LogP contribution < -0.4 is 0 Å². The van der Waals surface area contributed by atoms with Gasteiger partial charge < -0.3 is 4.74 Å². The van der Waals surface area contributed by atoms with Crippen molar-refractivity contribution in [3.05, 3.63) is 40.5 Å². The maximum absolute atomic E-state index is 11.5. The highest BCUT2D eigenvalue weighted by Crippen LogP contribution is 2.58. The number of hydrogen-bond acceptors (Lipinski definition) is 2. The van der Waals surface area contributed by atoms with Gasteiger partial charge in [-0.15, -0.1) is 0 Å². The van der Waals surface area contributed by atoms with Crippen LogP contribution in [0.5, 0.6) is 0 Å². The van der Waals surface area contributed by atoms with Crippen molar-refractivity contribution in [1.29, 1.82) is 0 Å². The first-order valence-corrected chi connectivity index (χ1v) is 8.98. The number of benzene rings is 1. The molecule has 3 aliphatic rings. The number of hydrogen-bond donors (Lipinski definition) is 0. The molecule has 3 atom stereocenters. The van der Waals surface area contributed by atoms with Gasteiger partial charge >= 0.3 is 5.97 Å². The maximum atomic E-state index is 11.5. The topological polar surface area (TPSA) is 26.3 Å². The average molecular weight is 310 g/mol. The first-order valence-electron chi connectivity index (χ1n) is 8.98. The molecule has 0 bridgehead atoms. The van der Waals surface area contributed by atoms with Gasteiger partial charge in [0, 0.05) is 12.3 Å². The van der Waals surface area contributed by atoms with Crippen molar-refractivity contribution < 1.29 is 9.53 Å². The van der Waals surface area contributed by atoms with Gasteiger partial charge in [-0.25, -0.2) is 0 Å². The minimum Gasteiger partial charge on any atom is -0.462 e. The van der Waals surface area contributed by atoms with E-state index in [1.54, 1.807) is 18.1 Å². The zero-order chi connectivity index (χ0) is 16.2. The van der Waals surface area contributed by atoms with E-state index in [1.165, 1.54) is 36.0 Å². The Morgan fingerprint density at radius 2 is 2.04 bits per heavy atom. The van der Waals surface area contributed by atoms with E-state index in [-0.39, 0.29) is 17.5 Å². The van der Waals surface area contributed by atoms with Crippen molar-refractivity contribution in [3.63, 3.8) is 0 Å². The third-order valence-corrected chi connectivity index (χ3v) is 6.53. The Morgan fingerprint density at radius 1 is 1.22 bits per heavy atom. The van der Waals surface area contributed by atoms with E-state index < -0.39 is 0 Å². The molecule has 0 N–H and O–H groups in total. The summed E-state index contributed by atoms with van der Waals surface area (Å²) in [6, 6.07) is 6.95. The molecule has 1 saturated carbocycles. The van der Waals surface area contributed by atoms with Crippen molar-refractivity contribution in [1.82, 2.24) is 0 Å². The van der Waals surface area contributed by atoms with E-state index in [1.807, 2.05) is 0 Å². The Bertz CT molecular complexity index is 700. The first-order chi connectivity index (χ1) is 11.0. The minimum absolute atomic E-state index is 0.110. The fourth-order valence-electron chi connectivity index (χ4n) is 5.39. The monoisotopic (exact) mass is 310 g/mol. The fraction of sp³-hybridized carbons (Fsp3) is 0.571. The zero-order valence-corrected chi connectivity index (χ0v) is 14.4. The molecule has 1 aromatic carbocycles. The molecule has 0 radical (unpaired) electrons. The molecule has 122 valence electrons. The van der Waals surface area contributed by atoms with Gasteiger partial charge in [-0.3, -0.25) is 4.79 Å². The van der Waals surface area contributed by atoms with Gasteiger partial charge in [0.05, 0.1) is 0 Å². The smallest absolute Gasteiger partial charge is 0.302 e. The Labute approximate surface area is 138 Å². The highest BCUT2D eigenvalue weighted by molar-refractivity contribution is 5.75. The van der Waals surface area contributed by atoms with Gasteiger partial charge in [-0.1, -0.05) is 36.3 Å². The lowest BCUT2D eigenvalue weighted by atomic mass is 9.62. The number of esters is 1. The molecule has 0 saturated heterocycles. The number of carbonyl (C=O) groups is 1. The van der Waals surface area contributed by atoms with Crippen LogP contribution in [0.25, 0.3) is 5.57 Å². The van der Waals surface area contributed by atoms with Gasteiger partial charge in [-0.2, -0.15) is 0 Å². The summed E-state index contributed by atoms with van der Waals surface area (Å²) < 4.78 is 5.69. The van der Waals surface area contributed by atoms with Crippen LogP contribution in [0.4, 0.5) is 0 Å². The van der Waals surface area contributed by atoms with E-state index in [9.17, 15) is 4.79 Å². The lowest BCUT2D eigenvalue weighted by Crippen LogP contribution is -2.39. The Morgan fingerprint density at radius 3 is 2.83 bits per heavy atom. The van der Waals surface area contributed by atoms with E-state index in [0.29, 0.717) is 5.92 Å². The zero-order valence-electron chi connectivity index (χ0n) is 14.4. The summed E-state index contributed by atoms with van der Waals surface area (Å²) in [5, 5.41) is 0. The van der Waals surface area contributed by atoms with Crippen LogP contribution in [0, 0.1) is 18.3 Å². The third-order valence-electron chi connectivity index (χ3n) is 6.53. The van der Waals surface area contributed by atoms with Crippen LogP contribution in [-0.4, -0.2) is 12.1 Å². The predicted octanol–water partition coefficient (Wildman–Crippen LogP) is 4.84. The van der Waals surface area contributed by atoms with E-state index in [0.717, 1.165) is 19.3 Å². The largest absolute Gasteiger partial charge is 0.462 e. The molecule has 0 amide bonds. The molecular weight excluding hydrogens is 284 g/mol. The second kappa shape index (κ2) is 5.22. The predicted molar refractivity (Wildman–Crippen MR) is 92.0 cm³/mol. The summed E-state index contributed by atoms with van der Waals surface area (Å²) in [6.07, 6.45) is 6.95. The Balaban J connectivity index is 1.72. The molecule has 4 rings (SSSR count). The third kappa shape index (κ3) is 2.26. The molecule has 0 aromatic heterocycles. The summed E-state index contributed by atoms with van der Waals surface area (Å²) in [4.78, 5) is 11.5. The highest BCUT2D eigenvalue weighted by atomic mass is 16.5. The summed E-state index contributed by atoms with van der Waals surface area (Å²) in [6.45, 7) is 6.08. The fourth-order valence-corrected chi connectivity index (χ4v) is 5.39. The molecule has 1 unspecified atom stereocenters. The molecule has 0 spiro atoms. The highest BCUT2D eigenvalue weighted by Gasteiger charge is 2.52. The second-order valence-corrected chi connectivity index (χ2v) is 7.90. The normalized spacial score (nSPS) is 32.1. The molecular formula is C21H26O2. The molecule has 1 fully saturated rings. The van der Waals surface area contributed by atoms with E-state index in [2.05, 4.69) is 32.0 Å². The van der Waals surface area contributed by atoms with Crippen LogP contribution in [0.3, 0.4) is 0 Å². The quantitative estimate of drug-likeness (QED) is 0.694. The Hall–Kier alpha value is -1.57. The van der Waals surface area contributed by atoms with Crippen molar-refractivity contribution >= 4 is 11.5 Å². The van der Waals surface area contributed by atoms with E-state index >= 15 is 0 Å². The van der Waals surface area contributed by atoms with Crippen LogP contribution in [-0.2, 0) is 16.0 Å². The van der Waals surface area contributed by atoms with Crippen LogP contribution >= 0.6 is 0 Å². The number of fused-ring (bicyclic) bond motifs is 4. The number of rotatable bonds is 1. The van der Waals surface area contributed by atoms with Crippen molar-refractivity contribution in [2.24, 2.45) is 11.3 Å². The lowest BCUT2D eigenvalue weighted by molar-refractivity contribution is -0.152. The van der Waals surface area contributed by atoms with Crippen LogP contribution in [0.15, 0.2) is 23.8 Å². The first kappa shape index (κ1) is 15.0. The standard InChI is InChI=1S/C21H26O2/c1-13-4-6-16-15(12-13)5-7-18-17(16)10-11-21(3)19(18)8-9-20(21)23-14(2)22/h4,6,12,19-20H,5,7-11H2,1-3H3/t19?,20-,21-/m0/s1. The number of carbonyl (C=O) groups excluding carboxylic acids is 1. The molecule has 0 heterocycles. The molecule has 1 aromatic rings. The summed E-state index contributed by atoms with van der Waals surface area (Å²) >= 11 is 0. The Kier molecular flexibility index (Phi) is 3.40. The van der Waals surface area contributed by atoms with Crippen molar-refractivity contribution in [2.75, 3.05) is 0 Å². The van der Waals surface area contributed by atoms with Gasteiger partial charge in [0.2, 0.25) is 0 Å². The van der Waals surface area contributed by atoms with Gasteiger partial charge in [0.25, 0.3) is 0 Å². The maximum Gasteiger partial charge on any atom is 0.302 e. The number of allylic oxidation sites excluding steroid dienone is 2. The summed E-state index contributed by atoms with van der Waals surface area (Å²) in [5.41, 5.74) is 7.81. The number of aryl methyl sites for hydroxylation is 2. The van der Waals surface area contributed by atoms with E-state index in [4.69, 9.17) is 4.74 Å². The van der Waals surface area contributed by atoms with Crippen LogP contribution in [0.1, 0.15) is 62.6 Å². The second-order valence-electron chi connectivity index (χ2n) is 7.90. The average Bonchev–Trinajstić information content (AvgIpc) is 2.83. The van der Waals surface area contributed by atoms with Gasteiger partial charge in [0.1, 0.15) is 6.10 Å². The van der Waals surface area contributed by atoms with Gasteiger partial charge in [0.15, 0.2) is 0 Å². The minimum atomic E-state index is -0.124. The van der Waals surface area contributed by atoms with Gasteiger partial charge in [-0.05, 0) is 68.1 Å². The van der Waals surface area contributed by atoms with Crippen molar-refractivity contribution in [3.8, 4) is 0 Å². The number of ether oxygens (including phenoxy) is 1. The molecule has 2 heteroatoms. The SMILES string of the molecule is CC(=O)O[C@H]1CCC2C3=C(CC[C@@]21C)c1ccc(C)cc1CC3. The molecule has 23 heavy (non-hydrogen) atoms. The summed E-state index contributed by atoms with van der Waals surface area (Å²) in [5.74, 6) is 0.478. The van der Waals surface area contributed by atoms with Crippen LogP contribution in [0.2, 0.25) is 0 Å². The molecule has 0 aliphatic heterocycles. The summed E-state index contributed by atoms with van der Waals surface area (Å²) in [7, 11) is 0. The molecule has 3 aliphatic carbocycles. The molecule has 2 nitrogen and oxygen atoms in total. The lowest BCUT2D eigenvalue weighted by Gasteiger charge is -2.44. The van der Waals surface area contributed by atoms with Crippen molar-refractivity contribution in [2.45, 2.75) is 65.4 Å².